The largest absolute Gasteiger partial charge is 0.387 e. The maximum absolute atomic E-state index is 10.1. The van der Waals surface area contributed by atoms with E-state index in [1.165, 1.54) is 19.3 Å². The Hall–Kier alpha value is -0.120. The lowest BCUT2D eigenvalue weighted by Gasteiger charge is -2.27. The highest BCUT2D eigenvalue weighted by molar-refractivity contribution is 4.90. The molecule has 0 aromatic heterocycles. The van der Waals surface area contributed by atoms with Crippen molar-refractivity contribution in [3.63, 3.8) is 0 Å². The van der Waals surface area contributed by atoms with E-state index in [-0.39, 0.29) is 0 Å². The number of hydrogen-bond donors (Lipinski definition) is 2. The van der Waals surface area contributed by atoms with Crippen molar-refractivity contribution in [3.05, 3.63) is 0 Å². The van der Waals surface area contributed by atoms with Gasteiger partial charge in [-0.3, -0.25) is 0 Å². The number of aliphatic hydroxyl groups is 1. The normalized spacial score (nSPS) is 32.8. The molecule has 2 aliphatic rings. The summed E-state index contributed by atoms with van der Waals surface area (Å²) in [5, 5.41) is 13.4. The molecule has 1 aliphatic carbocycles. The van der Waals surface area contributed by atoms with Crippen molar-refractivity contribution in [2.75, 3.05) is 33.2 Å². The Labute approximate surface area is 86.5 Å². The molecule has 14 heavy (non-hydrogen) atoms. The standard InChI is InChI=1S/C11H22N2O/c1-13(7-4-10-2-3-10)9-11(14)5-6-12-8-11/h10,12,14H,2-9H2,1H3. The SMILES string of the molecule is CN(CCC1CC1)CC1(O)CCNC1. The molecule has 0 bridgehead atoms. The van der Waals surface area contributed by atoms with E-state index in [1.807, 2.05) is 0 Å². The molecule has 1 unspecified atom stereocenters. The molecule has 1 saturated heterocycles. The second-order valence-electron chi connectivity index (χ2n) is 5.12. The minimum absolute atomic E-state index is 0.460. The van der Waals surface area contributed by atoms with Gasteiger partial charge in [0.1, 0.15) is 0 Å². The molecular formula is C11H22N2O. The van der Waals surface area contributed by atoms with Gasteiger partial charge in [-0.05, 0) is 38.9 Å². The molecule has 2 fully saturated rings. The highest BCUT2D eigenvalue weighted by atomic mass is 16.3. The molecule has 3 heteroatoms. The number of nitrogens with zero attached hydrogens (tertiary/aromatic N) is 1. The molecule has 1 heterocycles. The van der Waals surface area contributed by atoms with E-state index in [4.69, 9.17) is 0 Å². The summed E-state index contributed by atoms with van der Waals surface area (Å²) in [6, 6.07) is 0. The fraction of sp³-hybridized carbons (Fsp3) is 1.00. The Morgan fingerprint density at radius 2 is 2.29 bits per heavy atom. The molecule has 0 aromatic carbocycles. The topological polar surface area (TPSA) is 35.5 Å². The smallest absolute Gasteiger partial charge is 0.0909 e. The Kier molecular flexibility index (Phi) is 3.10. The first-order chi connectivity index (χ1) is 6.68. The first kappa shape index (κ1) is 10.4. The summed E-state index contributed by atoms with van der Waals surface area (Å²) in [7, 11) is 2.12. The van der Waals surface area contributed by atoms with Gasteiger partial charge in [0.05, 0.1) is 5.60 Å². The van der Waals surface area contributed by atoms with Gasteiger partial charge in [0, 0.05) is 13.1 Å². The molecule has 82 valence electrons. The lowest BCUT2D eigenvalue weighted by molar-refractivity contribution is 0.0278. The van der Waals surface area contributed by atoms with Crippen LogP contribution in [0.1, 0.15) is 25.7 Å². The van der Waals surface area contributed by atoms with Crippen LogP contribution in [0.4, 0.5) is 0 Å². The zero-order valence-electron chi connectivity index (χ0n) is 9.13. The van der Waals surface area contributed by atoms with Crippen LogP contribution < -0.4 is 5.32 Å². The van der Waals surface area contributed by atoms with E-state index in [2.05, 4.69) is 17.3 Å². The highest BCUT2D eigenvalue weighted by Gasteiger charge is 2.32. The molecule has 2 rings (SSSR count). The van der Waals surface area contributed by atoms with Crippen molar-refractivity contribution in [2.24, 2.45) is 5.92 Å². The first-order valence-corrected chi connectivity index (χ1v) is 5.80. The zero-order valence-corrected chi connectivity index (χ0v) is 9.13. The average Bonchev–Trinajstić information content (AvgIpc) is 2.87. The molecule has 1 atom stereocenters. The van der Waals surface area contributed by atoms with Gasteiger partial charge in [0.2, 0.25) is 0 Å². The van der Waals surface area contributed by atoms with Crippen LogP contribution >= 0.6 is 0 Å². The van der Waals surface area contributed by atoms with Crippen LogP contribution in [-0.2, 0) is 0 Å². The van der Waals surface area contributed by atoms with E-state index in [0.717, 1.165) is 38.5 Å². The molecule has 0 amide bonds. The van der Waals surface area contributed by atoms with Crippen LogP contribution in [0.2, 0.25) is 0 Å². The lowest BCUT2D eigenvalue weighted by Crippen LogP contribution is -2.43. The fourth-order valence-electron chi connectivity index (χ4n) is 2.26. The Bertz CT molecular complexity index is 186. The molecule has 0 spiro atoms. The minimum atomic E-state index is -0.460. The molecule has 2 N–H and O–H groups in total. The minimum Gasteiger partial charge on any atom is -0.387 e. The molecule has 0 aromatic rings. The second kappa shape index (κ2) is 4.17. The number of hydrogen-bond acceptors (Lipinski definition) is 3. The van der Waals surface area contributed by atoms with Gasteiger partial charge in [-0.15, -0.1) is 0 Å². The summed E-state index contributed by atoms with van der Waals surface area (Å²) >= 11 is 0. The van der Waals surface area contributed by atoms with Gasteiger partial charge in [-0.25, -0.2) is 0 Å². The van der Waals surface area contributed by atoms with Crippen LogP contribution in [0.5, 0.6) is 0 Å². The number of nitrogens with one attached hydrogen (secondary N) is 1. The first-order valence-electron chi connectivity index (χ1n) is 5.80. The summed E-state index contributed by atoms with van der Waals surface area (Å²) in [5.74, 6) is 0.994. The Balaban J connectivity index is 1.66. The van der Waals surface area contributed by atoms with E-state index in [0.29, 0.717) is 0 Å². The molecule has 1 saturated carbocycles. The van der Waals surface area contributed by atoms with Crippen molar-refractivity contribution in [1.82, 2.24) is 10.2 Å². The predicted molar refractivity (Wildman–Crippen MR) is 57.3 cm³/mol. The van der Waals surface area contributed by atoms with Crippen molar-refractivity contribution in [1.29, 1.82) is 0 Å². The average molecular weight is 198 g/mol. The number of β-amino-alcohol motifs (C(OH)–C–C–N with tert-alkyl or cyclic N) is 1. The van der Waals surface area contributed by atoms with Gasteiger partial charge in [-0.1, -0.05) is 12.8 Å². The van der Waals surface area contributed by atoms with E-state index < -0.39 is 5.60 Å². The fourth-order valence-corrected chi connectivity index (χ4v) is 2.26. The summed E-state index contributed by atoms with van der Waals surface area (Å²) in [6.45, 7) is 3.70. The van der Waals surface area contributed by atoms with Crippen LogP contribution in [0, 0.1) is 5.92 Å². The lowest BCUT2D eigenvalue weighted by atomic mass is 10.0. The third-order valence-corrected chi connectivity index (χ3v) is 3.40. The molecular weight excluding hydrogens is 176 g/mol. The van der Waals surface area contributed by atoms with Crippen LogP contribution in [-0.4, -0.2) is 48.8 Å². The van der Waals surface area contributed by atoms with Gasteiger partial charge in [0.25, 0.3) is 0 Å². The summed E-state index contributed by atoms with van der Waals surface area (Å²) in [4.78, 5) is 2.28. The van der Waals surface area contributed by atoms with Crippen molar-refractivity contribution >= 4 is 0 Å². The van der Waals surface area contributed by atoms with Crippen molar-refractivity contribution in [3.8, 4) is 0 Å². The summed E-state index contributed by atoms with van der Waals surface area (Å²) in [5.41, 5.74) is -0.460. The third-order valence-electron chi connectivity index (χ3n) is 3.40. The van der Waals surface area contributed by atoms with Crippen LogP contribution in [0.25, 0.3) is 0 Å². The van der Waals surface area contributed by atoms with E-state index in [1.54, 1.807) is 0 Å². The molecule has 1 aliphatic heterocycles. The maximum Gasteiger partial charge on any atom is 0.0909 e. The maximum atomic E-state index is 10.1. The van der Waals surface area contributed by atoms with Crippen LogP contribution in [0.15, 0.2) is 0 Å². The molecule has 3 nitrogen and oxygen atoms in total. The van der Waals surface area contributed by atoms with Crippen LogP contribution in [0.3, 0.4) is 0 Å². The summed E-state index contributed by atoms with van der Waals surface area (Å²) < 4.78 is 0. The van der Waals surface area contributed by atoms with Gasteiger partial charge < -0.3 is 15.3 Å². The van der Waals surface area contributed by atoms with Gasteiger partial charge >= 0.3 is 0 Å². The zero-order chi connectivity index (χ0) is 10.0. The number of rotatable bonds is 5. The number of likely N-dealkylation sites (N-methyl/N-ethyl adjacent to an activating group) is 1. The van der Waals surface area contributed by atoms with Gasteiger partial charge in [-0.2, -0.15) is 0 Å². The Morgan fingerprint density at radius 1 is 1.50 bits per heavy atom. The summed E-state index contributed by atoms with van der Waals surface area (Å²) in [6.07, 6.45) is 5.08. The van der Waals surface area contributed by atoms with Gasteiger partial charge in [0.15, 0.2) is 0 Å². The van der Waals surface area contributed by atoms with E-state index in [9.17, 15) is 5.11 Å². The third kappa shape index (κ3) is 2.94. The highest BCUT2D eigenvalue weighted by Crippen LogP contribution is 2.32. The second-order valence-corrected chi connectivity index (χ2v) is 5.12. The molecule has 0 radical (unpaired) electrons. The quantitative estimate of drug-likeness (QED) is 0.673. The van der Waals surface area contributed by atoms with E-state index >= 15 is 0 Å². The Morgan fingerprint density at radius 3 is 2.86 bits per heavy atom. The predicted octanol–water partition coefficient (Wildman–Crippen LogP) is 0.443. The van der Waals surface area contributed by atoms with Crippen molar-refractivity contribution < 1.29 is 5.11 Å². The van der Waals surface area contributed by atoms with Crippen molar-refractivity contribution in [2.45, 2.75) is 31.3 Å². The monoisotopic (exact) mass is 198 g/mol.